The molecule has 0 aliphatic heterocycles. The van der Waals surface area contributed by atoms with E-state index >= 15 is 0 Å². The SMILES string of the molecule is CN(C)CC(C)(O)CNCCCC(C)(C)C#N. The highest BCUT2D eigenvalue weighted by Gasteiger charge is 2.21. The van der Waals surface area contributed by atoms with Gasteiger partial charge < -0.3 is 15.3 Å². The summed E-state index contributed by atoms with van der Waals surface area (Å²) >= 11 is 0. The van der Waals surface area contributed by atoms with Gasteiger partial charge in [0.1, 0.15) is 0 Å². The maximum absolute atomic E-state index is 10.0. The minimum absolute atomic E-state index is 0.242. The van der Waals surface area contributed by atoms with Crippen LogP contribution in [0.5, 0.6) is 0 Å². The Morgan fingerprint density at radius 3 is 2.35 bits per heavy atom. The molecule has 0 aliphatic rings. The monoisotopic (exact) mass is 241 g/mol. The van der Waals surface area contributed by atoms with E-state index in [-0.39, 0.29) is 5.41 Å². The Morgan fingerprint density at radius 2 is 1.88 bits per heavy atom. The van der Waals surface area contributed by atoms with Crippen molar-refractivity contribution in [3.05, 3.63) is 0 Å². The molecular formula is C13H27N3O. The molecule has 0 aromatic heterocycles. The van der Waals surface area contributed by atoms with Gasteiger partial charge in [-0.05, 0) is 54.3 Å². The van der Waals surface area contributed by atoms with Crippen LogP contribution in [-0.2, 0) is 0 Å². The molecule has 4 nitrogen and oxygen atoms in total. The van der Waals surface area contributed by atoms with Crippen LogP contribution in [0.25, 0.3) is 0 Å². The summed E-state index contributed by atoms with van der Waals surface area (Å²) in [6.07, 6.45) is 1.84. The normalized spacial score (nSPS) is 15.6. The minimum atomic E-state index is -0.700. The Hall–Kier alpha value is -0.630. The number of nitriles is 1. The summed E-state index contributed by atoms with van der Waals surface area (Å²) in [4.78, 5) is 1.97. The highest BCUT2D eigenvalue weighted by atomic mass is 16.3. The topological polar surface area (TPSA) is 59.3 Å². The summed E-state index contributed by atoms with van der Waals surface area (Å²) in [5.74, 6) is 0. The predicted molar refractivity (Wildman–Crippen MR) is 70.7 cm³/mol. The molecule has 0 saturated carbocycles. The van der Waals surface area contributed by atoms with Gasteiger partial charge in [0.25, 0.3) is 0 Å². The summed E-state index contributed by atoms with van der Waals surface area (Å²) in [7, 11) is 3.90. The van der Waals surface area contributed by atoms with Crippen LogP contribution < -0.4 is 5.32 Å². The second kappa shape index (κ2) is 6.95. The summed E-state index contributed by atoms with van der Waals surface area (Å²) in [5, 5.41) is 22.1. The zero-order chi connectivity index (χ0) is 13.5. The molecule has 0 spiro atoms. The average Bonchev–Trinajstić information content (AvgIpc) is 2.14. The Kier molecular flexibility index (Phi) is 6.69. The molecule has 1 atom stereocenters. The van der Waals surface area contributed by atoms with Crippen molar-refractivity contribution in [1.82, 2.24) is 10.2 Å². The van der Waals surface area contributed by atoms with Crippen LogP contribution in [0.15, 0.2) is 0 Å². The molecule has 0 aromatic rings. The molecule has 0 saturated heterocycles. The third kappa shape index (κ3) is 9.11. The van der Waals surface area contributed by atoms with Gasteiger partial charge in [-0.25, -0.2) is 0 Å². The fraction of sp³-hybridized carbons (Fsp3) is 0.923. The lowest BCUT2D eigenvalue weighted by Crippen LogP contribution is -2.45. The Labute approximate surface area is 106 Å². The van der Waals surface area contributed by atoms with Gasteiger partial charge >= 0.3 is 0 Å². The van der Waals surface area contributed by atoms with Gasteiger partial charge in [0.15, 0.2) is 0 Å². The Bertz CT molecular complexity index is 254. The van der Waals surface area contributed by atoms with Crippen molar-refractivity contribution in [3.8, 4) is 6.07 Å². The molecule has 0 bridgehead atoms. The number of likely N-dealkylation sites (N-methyl/N-ethyl adjacent to an activating group) is 1. The number of nitrogens with zero attached hydrogens (tertiary/aromatic N) is 2. The van der Waals surface area contributed by atoms with Gasteiger partial charge in [-0.1, -0.05) is 0 Å². The fourth-order valence-electron chi connectivity index (χ4n) is 1.81. The first-order valence-electron chi connectivity index (χ1n) is 6.18. The molecule has 100 valence electrons. The molecule has 2 N–H and O–H groups in total. The number of rotatable bonds is 8. The summed E-state index contributed by atoms with van der Waals surface area (Å²) in [5.41, 5.74) is -0.942. The molecule has 0 heterocycles. The van der Waals surface area contributed by atoms with E-state index in [0.717, 1.165) is 19.4 Å². The number of hydrogen-bond donors (Lipinski definition) is 2. The standard InChI is InChI=1S/C13H27N3O/c1-12(2,9-14)7-6-8-15-10-13(3,17)11-16(4)5/h15,17H,6-8,10-11H2,1-5H3. The van der Waals surface area contributed by atoms with Crippen molar-refractivity contribution in [2.24, 2.45) is 5.41 Å². The van der Waals surface area contributed by atoms with E-state index in [1.54, 1.807) is 0 Å². The third-order valence-electron chi connectivity index (χ3n) is 2.62. The molecular weight excluding hydrogens is 214 g/mol. The summed E-state index contributed by atoms with van der Waals surface area (Å²) in [6, 6.07) is 2.29. The largest absolute Gasteiger partial charge is 0.388 e. The van der Waals surface area contributed by atoms with Crippen LogP contribution in [0.2, 0.25) is 0 Å². The summed E-state index contributed by atoms with van der Waals surface area (Å²) < 4.78 is 0. The first kappa shape index (κ1) is 16.4. The average molecular weight is 241 g/mol. The van der Waals surface area contributed by atoms with Crippen molar-refractivity contribution >= 4 is 0 Å². The molecule has 0 amide bonds. The van der Waals surface area contributed by atoms with E-state index in [1.165, 1.54) is 0 Å². The lowest BCUT2D eigenvalue weighted by molar-refractivity contribution is 0.0339. The zero-order valence-corrected chi connectivity index (χ0v) is 11.9. The summed E-state index contributed by atoms with van der Waals surface area (Å²) in [6.45, 7) is 7.81. The molecule has 1 unspecified atom stereocenters. The van der Waals surface area contributed by atoms with Crippen LogP contribution in [0, 0.1) is 16.7 Å². The Balaban J connectivity index is 3.69. The van der Waals surface area contributed by atoms with Gasteiger partial charge in [0.05, 0.1) is 17.1 Å². The minimum Gasteiger partial charge on any atom is -0.388 e. The van der Waals surface area contributed by atoms with E-state index in [9.17, 15) is 5.11 Å². The molecule has 0 aromatic carbocycles. The molecule has 0 rings (SSSR count). The number of nitrogens with one attached hydrogen (secondary N) is 1. The second-order valence-electron chi connectivity index (χ2n) is 6.01. The van der Waals surface area contributed by atoms with Gasteiger partial charge in [0.2, 0.25) is 0 Å². The van der Waals surface area contributed by atoms with Crippen LogP contribution >= 0.6 is 0 Å². The van der Waals surface area contributed by atoms with Crippen LogP contribution in [0.1, 0.15) is 33.6 Å². The highest BCUT2D eigenvalue weighted by molar-refractivity contribution is 4.91. The van der Waals surface area contributed by atoms with E-state index in [2.05, 4.69) is 11.4 Å². The van der Waals surface area contributed by atoms with Crippen molar-refractivity contribution < 1.29 is 5.11 Å². The quantitative estimate of drug-likeness (QED) is 0.627. The lowest BCUT2D eigenvalue weighted by atomic mass is 9.90. The van der Waals surface area contributed by atoms with E-state index in [0.29, 0.717) is 13.1 Å². The maximum atomic E-state index is 10.0. The van der Waals surface area contributed by atoms with Gasteiger partial charge in [0, 0.05) is 13.1 Å². The number of hydrogen-bond acceptors (Lipinski definition) is 4. The van der Waals surface area contributed by atoms with Crippen molar-refractivity contribution in [3.63, 3.8) is 0 Å². The zero-order valence-electron chi connectivity index (χ0n) is 11.9. The smallest absolute Gasteiger partial charge is 0.0869 e. The fourth-order valence-corrected chi connectivity index (χ4v) is 1.81. The van der Waals surface area contributed by atoms with Crippen LogP contribution in [0.3, 0.4) is 0 Å². The first-order chi connectivity index (χ1) is 7.68. The Morgan fingerprint density at radius 1 is 1.29 bits per heavy atom. The predicted octanol–water partition coefficient (Wildman–Crippen LogP) is 1.22. The molecule has 4 heteroatoms. The lowest BCUT2D eigenvalue weighted by Gasteiger charge is -2.27. The molecule has 0 radical (unpaired) electrons. The van der Waals surface area contributed by atoms with E-state index in [4.69, 9.17) is 5.26 Å². The molecule has 17 heavy (non-hydrogen) atoms. The number of aliphatic hydroxyl groups is 1. The van der Waals surface area contributed by atoms with Gasteiger partial charge in [-0.15, -0.1) is 0 Å². The van der Waals surface area contributed by atoms with Crippen molar-refractivity contribution in [2.45, 2.75) is 39.2 Å². The van der Waals surface area contributed by atoms with Crippen LogP contribution in [-0.4, -0.2) is 49.3 Å². The van der Waals surface area contributed by atoms with Crippen molar-refractivity contribution in [1.29, 1.82) is 5.26 Å². The third-order valence-corrected chi connectivity index (χ3v) is 2.62. The highest BCUT2D eigenvalue weighted by Crippen LogP contribution is 2.19. The second-order valence-corrected chi connectivity index (χ2v) is 6.01. The van der Waals surface area contributed by atoms with Crippen LogP contribution in [0.4, 0.5) is 0 Å². The molecule has 0 fully saturated rings. The van der Waals surface area contributed by atoms with Gasteiger partial charge in [-0.3, -0.25) is 0 Å². The van der Waals surface area contributed by atoms with E-state index < -0.39 is 5.60 Å². The first-order valence-corrected chi connectivity index (χ1v) is 6.18. The van der Waals surface area contributed by atoms with E-state index in [1.807, 2.05) is 39.8 Å². The van der Waals surface area contributed by atoms with Gasteiger partial charge in [-0.2, -0.15) is 5.26 Å². The van der Waals surface area contributed by atoms with Crippen molar-refractivity contribution in [2.75, 3.05) is 33.7 Å². The maximum Gasteiger partial charge on any atom is 0.0869 e. The molecule has 0 aliphatic carbocycles.